The van der Waals surface area contributed by atoms with Crippen molar-refractivity contribution in [1.82, 2.24) is 0 Å². The molecule has 1 fully saturated rings. The first kappa shape index (κ1) is 18.2. The van der Waals surface area contributed by atoms with Crippen molar-refractivity contribution in [3.63, 3.8) is 0 Å². The Bertz CT molecular complexity index is 733. The second kappa shape index (κ2) is 7.32. The first-order valence-corrected chi connectivity index (χ1v) is 10.3. The van der Waals surface area contributed by atoms with Gasteiger partial charge in [-0.3, -0.25) is 0 Å². The lowest BCUT2D eigenvalue weighted by molar-refractivity contribution is 0.347. The molecule has 2 aromatic rings. The first-order valence-electron chi connectivity index (χ1n) is 8.85. The van der Waals surface area contributed by atoms with Crippen LogP contribution in [0.5, 0.6) is 0 Å². The van der Waals surface area contributed by atoms with Gasteiger partial charge in [0.25, 0.3) is 0 Å². The molecule has 0 radical (unpaired) electrons. The summed E-state index contributed by atoms with van der Waals surface area (Å²) in [5.74, 6) is -2.21. The van der Waals surface area contributed by atoms with E-state index in [4.69, 9.17) is 0 Å². The smallest absolute Gasteiger partial charge is 0.134 e. The summed E-state index contributed by atoms with van der Waals surface area (Å²) < 4.78 is 56.7. The summed E-state index contributed by atoms with van der Waals surface area (Å²) in [6, 6.07) is 5.91. The van der Waals surface area contributed by atoms with Crippen LogP contribution in [0.25, 0.3) is 11.1 Å². The van der Waals surface area contributed by atoms with E-state index in [1.54, 1.807) is 0 Å². The molecule has 0 aliphatic heterocycles. The number of benzene rings is 2. The van der Waals surface area contributed by atoms with E-state index in [0.717, 1.165) is 43.7 Å². The van der Waals surface area contributed by atoms with Gasteiger partial charge in [-0.05, 0) is 67.0 Å². The first-order chi connectivity index (χ1) is 11.9. The lowest BCUT2D eigenvalue weighted by Crippen LogP contribution is -2.13. The predicted molar refractivity (Wildman–Crippen MR) is 95.9 cm³/mol. The minimum absolute atomic E-state index is 0.109. The molecule has 0 heterocycles. The zero-order valence-electron chi connectivity index (χ0n) is 14.5. The lowest BCUT2D eigenvalue weighted by atomic mass is 9.79. The molecule has 1 saturated carbocycles. The summed E-state index contributed by atoms with van der Waals surface area (Å²) in [6.45, 7) is 1.29. The van der Waals surface area contributed by atoms with Crippen molar-refractivity contribution < 1.29 is 17.6 Å². The van der Waals surface area contributed by atoms with Crippen LogP contribution in [0.15, 0.2) is 24.3 Å². The largest absolute Gasteiger partial charge is 0.207 e. The topological polar surface area (TPSA) is 0 Å². The van der Waals surface area contributed by atoms with Crippen LogP contribution < -0.4 is 0 Å². The molecule has 1 aliphatic carbocycles. The number of rotatable bonds is 3. The van der Waals surface area contributed by atoms with Gasteiger partial charge in [0.05, 0.1) is 5.56 Å². The summed E-state index contributed by atoms with van der Waals surface area (Å²) in [6.07, 6.45) is 4.10. The van der Waals surface area contributed by atoms with Crippen LogP contribution >= 0.6 is 0 Å². The second-order valence-electron chi connectivity index (χ2n) is 7.05. The van der Waals surface area contributed by atoms with E-state index in [0.29, 0.717) is 5.56 Å². The molecular formula is C20H22F4Si. The molecule has 0 N–H and O–H groups in total. The normalized spacial score (nSPS) is 20.8. The molecule has 0 spiro atoms. The van der Waals surface area contributed by atoms with Crippen molar-refractivity contribution in [3.05, 3.63) is 58.7 Å². The van der Waals surface area contributed by atoms with E-state index in [1.807, 2.05) is 0 Å². The number of hydrogen-bond acceptors (Lipinski definition) is 0. The van der Waals surface area contributed by atoms with E-state index >= 15 is 0 Å². The highest BCUT2D eigenvalue weighted by atomic mass is 28.1. The highest BCUT2D eigenvalue weighted by Gasteiger charge is 2.24. The maximum absolute atomic E-state index is 14.6. The maximum atomic E-state index is 14.6. The van der Waals surface area contributed by atoms with Crippen molar-refractivity contribution >= 4 is 10.2 Å². The summed E-state index contributed by atoms with van der Waals surface area (Å²) in [5.41, 5.74) is 0.0205. The van der Waals surface area contributed by atoms with Gasteiger partial charge in [0.2, 0.25) is 0 Å². The van der Waals surface area contributed by atoms with Crippen LogP contribution in [-0.2, 0) is 0 Å². The molecule has 0 aromatic heterocycles. The average molecular weight is 366 g/mol. The summed E-state index contributed by atoms with van der Waals surface area (Å²) in [7, 11) is 1.19. The molecular weight excluding hydrogens is 344 g/mol. The minimum Gasteiger partial charge on any atom is -0.207 e. The standard InChI is InChI=1S/C20H22F4Si/c1-11-16(21)8-15(9-17(11)22)20-18(23)6-14(7-19(20)24)13-4-2-12(10-25)3-5-13/h6-9,12-13H,2-5,10H2,1,25H3. The van der Waals surface area contributed by atoms with Crippen LogP contribution in [0.4, 0.5) is 17.6 Å². The van der Waals surface area contributed by atoms with Crippen LogP contribution in [-0.4, -0.2) is 10.2 Å². The fraction of sp³-hybridized carbons (Fsp3) is 0.400. The Kier molecular flexibility index (Phi) is 5.32. The number of hydrogen-bond donors (Lipinski definition) is 0. The molecule has 0 bridgehead atoms. The third-order valence-electron chi connectivity index (χ3n) is 5.53. The third kappa shape index (κ3) is 3.66. The molecule has 0 nitrogen and oxygen atoms in total. The lowest BCUT2D eigenvalue weighted by Gasteiger charge is -2.28. The van der Waals surface area contributed by atoms with Crippen molar-refractivity contribution in [2.75, 3.05) is 0 Å². The van der Waals surface area contributed by atoms with Gasteiger partial charge in [0, 0.05) is 15.8 Å². The molecule has 2 aromatic carbocycles. The van der Waals surface area contributed by atoms with Crippen LogP contribution in [0.1, 0.15) is 42.7 Å². The summed E-state index contributed by atoms with van der Waals surface area (Å²) >= 11 is 0. The van der Waals surface area contributed by atoms with E-state index < -0.39 is 23.3 Å². The van der Waals surface area contributed by atoms with Crippen molar-refractivity contribution in [2.45, 2.75) is 44.6 Å². The zero-order chi connectivity index (χ0) is 18.1. The highest BCUT2D eigenvalue weighted by Crippen LogP contribution is 2.39. The van der Waals surface area contributed by atoms with Crippen molar-refractivity contribution in [1.29, 1.82) is 0 Å². The molecule has 0 unspecified atom stereocenters. The minimum atomic E-state index is -0.806. The molecule has 134 valence electrons. The van der Waals surface area contributed by atoms with Crippen LogP contribution in [0.2, 0.25) is 6.04 Å². The molecule has 0 amide bonds. The third-order valence-corrected chi connectivity index (χ3v) is 6.68. The second-order valence-corrected chi connectivity index (χ2v) is 7.87. The Morgan fingerprint density at radius 1 is 0.840 bits per heavy atom. The van der Waals surface area contributed by atoms with Gasteiger partial charge in [-0.15, -0.1) is 0 Å². The highest BCUT2D eigenvalue weighted by molar-refractivity contribution is 6.08. The average Bonchev–Trinajstić information content (AvgIpc) is 2.59. The van der Waals surface area contributed by atoms with Crippen LogP contribution in [0, 0.1) is 36.1 Å². The van der Waals surface area contributed by atoms with E-state index in [9.17, 15) is 17.6 Å². The van der Waals surface area contributed by atoms with Gasteiger partial charge in [0.1, 0.15) is 23.3 Å². The molecule has 25 heavy (non-hydrogen) atoms. The van der Waals surface area contributed by atoms with Gasteiger partial charge in [-0.2, -0.15) is 0 Å². The van der Waals surface area contributed by atoms with Crippen LogP contribution in [0.3, 0.4) is 0 Å². The quantitative estimate of drug-likeness (QED) is 0.512. The Balaban J connectivity index is 1.94. The van der Waals surface area contributed by atoms with E-state index in [-0.39, 0.29) is 22.6 Å². The number of halogens is 4. The van der Waals surface area contributed by atoms with Crippen molar-refractivity contribution in [2.24, 2.45) is 5.92 Å². The summed E-state index contributed by atoms with van der Waals surface area (Å²) in [4.78, 5) is 0. The zero-order valence-corrected chi connectivity index (χ0v) is 16.5. The van der Waals surface area contributed by atoms with Crippen molar-refractivity contribution in [3.8, 4) is 11.1 Å². The monoisotopic (exact) mass is 366 g/mol. The fourth-order valence-electron chi connectivity index (χ4n) is 3.80. The molecule has 5 heteroatoms. The van der Waals surface area contributed by atoms with Gasteiger partial charge < -0.3 is 0 Å². The predicted octanol–water partition coefficient (Wildman–Crippen LogP) is 5.28. The summed E-state index contributed by atoms with van der Waals surface area (Å²) in [5, 5.41) is 0. The van der Waals surface area contributed by atoms with E-state index in [1.165, 1.54) is 35.3 Å². The molecule has 0 saturated heterocycles. The van der Waals surface area contributed by atoms with Gasteiger partial charge in [0.15, 0.2) is 0 Å². The van der Waals surface area contributed by atoms with Gasteiger partial charge >= 0.3 is 0 Å². The Labute approximate surface area is 148 Å². The Hall–Kier alpha value is -1.62. The molecule has 1 aliphatic rings. The maximum Gasteiger partial charge on any atom is 0.134 e. The van der Waals surface area contributed by atoms with E-state index in [2.05, 4.69) is 0 Å². The molecule has 3 rings (SSSR count). The Morgan fingerprint density at radius 2 is 1.36 bits per heavy atom. The molecule has 0 atom stereocenters. The SMILES string of the molecule is Cc1c(F)cc(-c2c(F)cc(C3CCC(C[SiH3])CC3)cc2F)cc1F. The van der Waals surface area contributed by atoms with Gasteiger partial charge in [-0.1, -0.05) is 18.9 Å². The van der Waals surface area contributed by atoms with Gasteiger partial charge in [-0.25, -0.2) is 17.6 Å². The fourth-order valence-corrected chi connectivity index (χ4v) is 4.61. The Morgan fingerprint density at radius 3 is 1.84 bits per heavy atom.